The van der Waals surface area contributed by atoms with Crippen molar-refractivity contribution in [2.75, 3.05) is 14.1 Å². The first-order valence-electron chi connectivity index (χ1n) is 5.60. The average molecular weight is 293 g/mol. The zero-order chi connectivity index (χ0) is 16.2. The lowest BCUT2D eigenvalue weighted by Crippen LogP contribution is -2.25. The Kier molecular flexibility index (Phi) is 4.84. The molecule has 9 nitrogen and oxygen atoms in total. The number of amides is 3. The maximum Gasteiger partial charge on any atom is 0.336 e. The number of carbonyl (C=O) groups is 4. The van der Waals surface area contributed by atoms with Gasteiger partial charge >= 0.3 is 11.9 Å². The van der Waals surface area contributed by atoms with Gasteiger partial charge in [-0.3, -0.25) is 14.4 Å². The van der Waals surface area contributed by atoms with Gasteiger partial charge in [-0.2, -0.15) is 0 Å². The van der Waals surface area contributed by atoms with Gasteiger partial charge in [-0.25, -0.2) is 4.79 Å². The van der Waals surface area contributed by atoms with Crippen molar-refractivity contribution >= 4 is 23.7 Å². The second kappa shape index (κ2) is 6.37. The molecule has 0 atom stereocenters. The van der Waals surface area contributed by atoms with Crippen LogP contribution in [0.25, 0.3) is 0 Å². The van der Waals surface area contributed by atoms with Crippen molar-refractivity contribution in [2.24, 2.45) is 5.18 Å². The minimum atomic E-state index is -1.46. The third-order valence-corrected chi connectivity index (χ3v) is 2.64. The molecule has 0 aliphatic rings. The monoisotopic (exact) mass is 293 g/mol. The van der Waals surface area contributed by atoms with E-state index in [0.29, 0.717) is 0 Å². The highest BCUT2D eigenvalue weighted by Gasteiger charge is 2.25. The van der Waals surface area contributed by atoms with Crippen LogP contribution < -0.4 is 10.6 Å². The molecule has 0 aromatic heterocycles. The fourth-order valence-corrected chi connectivity index (χ4v) is 1.65. The van der Waals surface area contributed by atoms with Crippen molar-refractivity contribution in [3.8, 4) is 0 Å². The number of nitroso groups, excluding NO2 is 1. The van der Waals surface area contributed by atoms with E-state index in [9.17, 15) is 24.1 Å². The Bertz CT molecular complexity index is 653. The SMILES string of the molecule is CNC(=O)c1cc(C(=O)N=O)c(C(=O)NC)cc1C(=O)O. The van der Waals surface area contributed by atoms with Crippen LogP contribution in [0.15, 0.2) is 17.3 Å². The van der Waals surface area contributed by atoms with Gasteiger partial charge in [-0.15, -0.1) is 4.91 Å². The molecule has 0 bridgehead atoms. The Balaban J connectivity index is 3.73. The molecule has 0 aliphatic carbocycles. The van der Waals surface area contributed by atoms with E-state index in [1.807, 2.05) is 0 Å². The molecule has 0 radical (unpaired) electrons. The van der Waals surface area contributed by atoms with Crippen LogP contribution in [-0.4, -0.2) is 42.9 Å². The van der Waals surface area contributed by atoms with Gasteiger partial charge < -0.3 is 15.7 Å². The van der Waals surface area contributed by atoms with E-state index >= 15 is 0 Å². The van der Waals surface area contributed by atoms with Crippen LogP contribution in [0.2, 0.25) is 0 Å². The van der Waals surface area contributed by atoms with Crippen LogP contribution in [0.3, 0.4) is 0 Å². The van der Waals surface area contributed by atoms with E-state index in [0.717, 1.165) is 12.1 Å². The number of carboxylic acid groups (broad SMARTS) is 1. The standard InChI is InChI=1S/C12H11N3O6/c1-13-9(16)5-4-8(12(19)20)7(10(17)14-2)3-6(5)11(18)15-21/h3-4H,1-2H3,(H,13,16)(H,14,17)(H,19,20). The third-order valence-electron chi connectivity index (χ3n) is 2.64. The van der Waals surface area contributed by atoms with Gasteiger partial charge in [-0.1, -0.05) is 0 Å². The number of hydrogen-bond donors (Lipinski definition) is 3. The van der Waals surface area contributed by atoms with Crippen molar-refractivity contribution < 1.29 is 24.3 Å². The van der Waals surface area contributed by atoms with Crippen LogP contribution in [0.5, 0.6) is 0 Å². The molecular formula is C12H11N3O6. The second-order valence-corrected chi connectivity index (χ2v) is 3.80. The highest BCUT2D eigenvalue weighted by molar-refractivity contribution is 6.13. The first kappa shape index (κ1) is 16.0. The summed E-state index contributed by atoms with van der Waals surface area (Å²) < 4.78 is 0. The molecular weight excluding hydrogens is 282 g/mol. The van der Waals surface area contributed by atoms with E-state index < -0.39 is 34.8 Å². The predicted octanol–water partition coefficient (Wildman–Crippen LogP) is 0.0106. The Labute approximate surface area is 118 Å². The van der Waals surface area contributed by atoms with Crippen LogP contribution >= 0.6 is 0 Å². The fraction of sp³-hybridized carbons (Fsp3) is 0.167. The summed E-state index contributed by atoms with van der Waals surface area (Å²) in [6, 6.07) is 1.71. The minimum Gasteiger partial charge on any atom is -0.478 e. The van der Waals surface area contributed by atoms with Gasteiger partial charge in [0.25, 0.3) is 11.8 Å². The predicted molar refractivity (Wildman–Crippen MR) is 70.3 cm³/mol. The topological polar surface area (TPSA) is 142 Å². The molecule has 9 heteroatoms. The van der Waals surface area contributed by atoms with E-state index in [4.69, 9.17) is 5.11 Å². The highest BCUT2D eigenvalue weighted by Crippen LogP contribution is 2.19. The molecule has 0 heterocycles. The molecule has 110 valence electrons. The van der Waals surface area contributed by atoms with Crippen molar-refractivity contribution in [3.63, 3.8) is 0 Å². The Hall–Kier alpha value is -3.10. The van der Waals surface area contributed by atoms with E-state index in [1.54, 1.807) is 0 Å². The normalized spacial score (nSPS) is 9.62. The molecule has 21 heavy (non-hydrogen) atoms. The van der Waals surface area contributed by atoms with Gasteiger partial charge in [-0.05, 0) is 12.1 Å². The van der Waals surface area contributed by atoms with Crippen molar-refractivity contribution in [3.05, 3.63) is 39.3 Å². The van der Waals surface area contributed by atoms with Crippen LogP contribution in [0.1, 0.15) is 41.4 Å². The van der Waals surface area contributed by atoms with Gasteiger partial charge in [0.2, 0.25) is 0 Å². The molecule has 1 aromatic carbocycles. The minimum absolute atomic E-state index is 0.354. The zero-order valence-electron chi connectivity index (χ0n) is 11.1. The summed E-state index contributed by atoms with van der Waals surface area (Å²) in [5.74, 6) is -4.31. The summed E-state index contributed by atoms with van der Waals surface area (Å²) in [7, 11) is 2.53. The van der Waals surface area contributed by atoms with Gasteiger partial charge in [0.05, 0.1) is 22.3 Å². The lowest BCUT2D eigenvalue weighted by molar-refractivity contribution is 0.0690. The Morgan fingerprint density at radius 1 is 0.905 bits per heavy atom. The van der Waals surface area contributed by atoms with Crippen molar-refractivity contribution in [2.45, 2.75) is 0 Å². The third kappa shape index (κ3) is 3.08. The van der Waals surface area contributed by atoms with Gasteiger partial charge in [0.1, 0.15) is 0 Å². The molecule has 1 rings (SSSR count). The first-order chi connectivity index (χ1) is 9.87. The van der Waals surface area contributed by atoms with Crippen LogP contribution in [-0.2, 0) is 0 Å². The number of rotatable bonds is 4. The summed E-state index contributed by atoms with van der Waals surface area (Å²) in [5.41, 5.74) is -1.64. The number of nitrogens with one attached hydrogen (secondary N) is 2. The smallest absolute Gasteiger partial charge is 0.336 e. The summed E-state index contributed by atoms with van der Waals surface area (Å²) in [6.45, 7) is 0. The fourth-order valence-electron chi connectivity index (χ4n) is 1.65. The lowest BCUT2D eigenvalue weighted by atomic mass is 9.96. The molecule has 0 aliphatic heterocycles. The lowest BCUT2D eigenvalue weighted by Gasteiger charge is -2.10. The first-order valence-corrected chi connectivity index (χ1v) is 5.60. The van der Waals surface area contributed by atoms with Gasteiger partial charge in [0.15, 0.2) is 0 Å². The highest BCUT2D eigenvalue weighted by atomic mass is 16.4. The van der Waals surface area contributed by atoms with Crippen molar-refractivity contribution in [1.29, 1.82) is 0 Å². The summed E-state index contributed by atoms with van der Waals surface area (Å²) >= 11 is 0. The largest absolute Gasteiger partial charge is 0.478 e. The number of carbonyl (C=O) groups excluding carboxylic acids is 3. The Morgan fingerprint density at radius 3 is 1.71 bits per heavy atom. The summed E-state index contributed by atoms with van der Waals surface area (Å²) in [5, 5.41) is 15.7. The molecule has 0 fully saturated rings. The average Bonchev–Trinajstić information content (AvgIpc) is 2.50. The molecule has 0 unspecified atom stereocenters. The molecule has 0 saturated heterocycles. The molecule has 0 saturated carbocycles. The molecule has 3 amide bonds. The van der Waals surface area contributed by atoms with Crippen LogP contribution in [0.4, 0.5) is 0 Å². The maximum atomic E-state index is 11.7. The Morgan fingerprint density at radius 2 is 1.33 bits per heavy atom. The molecule has 3 N–H and O–H groups in total. The second-order valence-electron chi connectivity index (χ2n) is 3.80. The zero-order valence-corrected chi connectivity index (χ0v) is 11.1. The molecule has 1 aromatic rings. The number of aromatic carboxylic acids is 1. The van der Waals surface area contributed by atoms with E-state index in [1.165, 1.54) is 14.1 Å². The number of benzene rings is 1. The van der Waals surface area contributed by atoms with Crippen LogP contribution in [0, 0.1) is 4.91 Å². The summed E-state index contributed by atoms with van der Waals surface area (Å²) in [4.78, 5) is 56.4. The maximum absolute atomic E-state index is 11.7. The number of carboxylic acids is 1. The number of hydrogen-bond acceptors (Lipinski definition) is 5. The van der Waals surface area contributed by atoms with E-state index in [-0.39, 0.29) is 11.1 Å². The van der Waals surface area contributed by atoms with E-state index in [2.05, 4.69) is 15.8 Å². The quantitative estimate of drug-likeness (QED) is 0.667. The molecule has 0 spiro atoms. The summed E-state index contributed by atoms with van der Waals surface area (Å²) in [6.07, 6.45) is 0. The van der Waals surface area contributed by atoms with Gasteiger partial charge in [0, 0.05) is 19.3 Å². The van der Waals surface area contributed by atoms with Crippen molar-refractivity contribution in [1.82, 2.24) is 10.6 Å². The number of nitrogens with zero attached hydrogens (tertiary/aromatic N) is 1.